The third-order valence-corrected chi connectivity index (χ3v) is 2.42. The van der Waals surface area contributed by atoms with E-state index in [1.807, 2.05) is 0 Å². The molecule has 0 aliphatic carbocycles. The van der Waals surface area contributed by atoms with Gasteiger partial charge in [0.15, 0.2) is 0 Å². The summed E-state index contributed by atoms with van der Waals surface area (Å²) >= 11 is 0. The molecule has 0 heterocycles. The summed E-state index contributed by atoms with van der Waals surface area (Å²) in [6.45, 7) is 0. The fourth-order valence-electron chi connectivity index (χ4n) is 1.40. The van der Waals surface area contributed by atoms with E-state index in [-0.39, 0.29) is 49.4 Å². The number of nitrogen functional groups attached to an aromatic ring is 1. The van der Waals surface area contributed by atoms with Crippen molar-refractivity contribution in [2.45, 2.75) is 18.9 Å². The van der Waals surface area contributed by atoms with Crippen LogP contribution in [0.25, 0.3) is 0 Å². The van der Waals surface area contributed by atoms with Gasteiger partial charge in [-0.3, -0.25) is 9.59 Å². The van der Waals surface area contributed by atoms with Crippen LogP contribution in [0.5, 0.6) is 0 Å². The largest absolute Gasteiger partial charge is 1.00 e. The fraction of sp³-hybridized carbons (Fsp3) is 0.250. The molecule has 104 valence electrons. The van der Waals surface area contributed by atoms with Gasteiger partial charge in [-0.1, -0.05) is 0 Å². The number of carboxylic acid groups (broad SMARTS) is 2. The number of carboxylic acids is 2. The first-order valence-electron chi connectivity index (χ1n) is 5.51. The Bertz CT molecular complexity index is 495. The monoisotopic (exact) mass is 290 g/mol. The van der Waals surface area contributed by atoms with Gasteiger partial charge < -0.3 is 22.7 Å². The van der Waals surface area contributed by atoms with Gasteiger partial charge in [0.25, 0.3) is 5.91 Å². The quantitative estimate of drug-likeness (QED) is 0.337. The normalized spacial score (nSPS) is 11.0. The number of aliphatic carboxylic acids is 2. The minimum atomic E-state index is -1.27. The maximum atomic E-state index is 11.8. The Hall–Kier alpha value is -1.57. The van der Waals surface area contributed by atoms with Crippen molar-refractivity contribution in [1.29, 1.82) is 0 Å². The maximum Gasteiger partial charge on any atom is 1.00 e. The van der Waals surface area contributed by atoms with Gasteiger partial charge in [-0.2, -0.15) is 0 Å². The molecule has 0 aliphatic heterocycles. The second kappa shape index (κ2) is 8.57. The summed E-state index contributed by atoms with van der Waals surface area (Å²) < 4.78 is 0. The summed E-state index contributed by atoms with van der Waals surface area (Å²) in [5.74, 6) is -2.98. The van der Waals surface area contributed by atoms with Gasteiger partial charge in [-0.15, -0.1) is 0 Å². The molecule has 5 N–H and O–H groups in total. The van der Waals surface area contributed by atoms with Crippen molar-refractivity contribution in [3.63, 3.8) is 0 Å². The molecular weight excluding hydrogens is 275 g/mol. The third-order valence-electron chi connectivity index (χ3n) is 2.42. The number of hydrogen-bond acceptors (Lipinski definition) is 4. The van der Waals surface area contributed by atoms with Crippen molar-refractivity contribution in [3.8, 4) is 0 Å². The molecule has 0 unspecified atom stereocenters. The summed E-state index contributed by atoms with van der Waals surface area (Å²) in [6.07, 6.45) is -0.510. The molecule has 1 rings (SSSR count). The van der Waals surface area contributed by atoms with E-state index in [2.05, 4.69) is 5.32 Å². The van der Waals surface area contributed by atoms with E-state index in [1.54, 1.807) is 0 Å². The van der Waals surface area contributed by atoms with Gasteiger partial charge in [0.1, 0.15) is 6.04 Å². The van der Waals surface area contributed by atoms with Crippen LogP contribution in [-0.2, 0) is 9.59 Å². The van der Waals surface area contributed by atoms with E-state index in [0.717, 1.165) is 0 Å². The zero-order chi connectivity index (χ0) is 14.4. The number of rotatable bonds is 6. The van der Waals surface area contributed by atoms with Gasteiger partial charge in [-0.05, 0) is 30.7 Å². The Labute approximate surface area is 138 Å². The number of benzene rings is 1. The van der Waals surface area contributed by atoms with E-state index in [4.69, 9.17) is 15.9 Å². The minimum absolute atomic E-state index is 0. The Morgan fingerprint density at radius 1 is 1.20 bits per heavy atom. The fourth-order valence-corrected chi connectivity index (χ4v) is 1.40. The SMILES string of the molecule is Nc1ccc(C(=O)N[C@H](CCC(=O)O)C(=O)O)cc1.[H-].[Na+]. The second-order valence-electron chi connectivity index (χ2n) is 3.92. The van der Waals surface area contributed by atoms with Crippen LogP contribution in [0, 0.1) is 0 Å². The van der Waals surface area contributed by atoms with E-state index in [9.17, 15) is 14.4 Å². The second-order valence-corrected chi connectivity index (χ2v) is 3.92. The van der Waals surface area contributed by atoms with Crippen LogP contribution < -0.4 is 40.6 Å². The van der Waals surface area contributed by atoms with Gasteiger partial charge in [0, 0.05) is 17.7 Å². The molecule has 0 aliphatic rings. The molecule has 1 aromatic rings. The molecule has 20 heavy (non-hydrogen) atoms. The molecule has 7 nitrogen and oxygen atoms in total. The van der Waals surface area contributed by atoms with Gasteiger partial charge in [0.2, 0.25) is 0 Å². The number of hydrogen-bond donors (Lipinski definition) is 4. The van der Waals surface area contributed by atoms with Crippen molar-refractivity contribution in [2.75, 3.05) is 5.73 Å². The number of nitrogens with one attached hydrogen (secondary N) is 1. The number of anilines is 1. The molecule has 0 bridgehead atoms. The zero-order valence-corrected chi connectivity index (χ0v) is 13.0. The van der Waals surface area contributed by atoms with Crippen LogP contribution >= 0.6 is 0 Å². The number of carbonyl (C=O) groups excluding carboxylic acids is 1. The maximum absolute atomic E-state index is 11.8. The van der Waals surface area contributed by atoms with Crippen LogP contribution in [0.4, 0.5) is 5.69 Å². The average molecular weight is 290 g/mol. The summed E-state index contributed by atoms with van der Waals surface area (Å²) in [7, 11) is 0. The van der Waals surface area contributed by atoms with E-state index >= 15 is 0 Å². The van der Waals surface area contributed by atoms with E-state index < -0.39 is 23.9 Å². The van der Waals surface area contributed by atoms with Gasteiger partial charge in [0.05, 0.1) is 0 Å². The van der Waals surface area contributed by atoms with Crippen molar-refractivity contribution in [1.82, 2.24) is 5.32 Å². The van der Waals surface area contributed by atoms with E-state index in [1.165, 1.54) is 24.3 Å². The molecule has 0 spiro atoms. The predicted octanol–water partition coefficient (Wildman–Crippen LogP) is -2.57. The Kier molecular flexibility index (Phi) is 7.90. The topological polar surface area (TPSA) is 130 Å². The van der Waals surface area contributed by atoms with Crippen molar-refractivity contribution >= 4 is 23.5 Å². The summed E-state index contributed by atoms with van der Waals surface area (Å²) in [6, 6.07) is 4.71. The van der Waals surface area contributed by atoms with E-state index in [0.29, 0.717) is 5.69 Å². The third kappa shape index (κ3) is 6.05. The van der Waals surface area contributed by atoms with Crippen molar-refractivity contribution < 1.29 is 55.6 Å². The molecule has 0 saturated heterocycles. The van der Waals surface area contributed by atoms with Crippen LogP contribution in [0.15, 0.2) is 24.3 Å². The number of amides is 1. The first kappa shape index (κ1) is 18.4. The minimum Gasteiger partial charge on any atom is -1.00 e. The van der Waals surface area contributed by atoms with Crippen LogP contribution in [-0.4, -0.2) is 34.1 Å². The molecule has 0 fully saturated rings. The van der Waals surface area contributed by atoms with Crippen molar-refractivity contribution in [3.05, 3.63) is 29.8 Å². The summed E-state index contributed by atoms with van der Waals surface area (Å²) in [5.41, 5.74) is 6.21. The average Bonchev–Trinajstić information content (AvgIpc) is 2.34. The number of nitrogens with two attached hydrogens (primary N) is 1. The Morgan fingerprint density at radius 3 is 2.20 bits per heavy atom. The Morgan fingerprint density at radius 2 is 1.75 bits per heavy atom. The molecule has 1 amide bonds. The molecular formula is C12H15N2NaO5. The standard InChI is InChI=1S/C12H14N2O5.Na.H/c13-8-3-1-7(2-4-8)11(17)14-9(12(18)19)5-6-10(15)16;;/h1-4,9H,5-6,13H2,(H,14,17)(H,15,16)(H,18,19);;/q;+1;-1/t9-;;/m1../s1. The molecule has 0 radical (unpaired) electrons. The molecule has 1 aromatic carbocycles. The molecule has 8 heteroatoms. The first-order valence-corrected chi connectivity index (χ1v) is 5.51. The predicted molar refractivity (Wildman–Crippen MR) is 67.7 cm³/mol. The smallest absolute Gasteiger partial charge is 1.00 e. The Balaban J connectivity index is 0. The van der Waals surface area contributed by atoms with Gasteiger partial charge in [-0.25, -0.2) is 4.79 Å². The van der Waals surface area contributed by atoms with Crippen molar-refractivity contribution in [2.24, 2.45) is 0 Å². The van der Waals surface area contributed by atoms with Crippen LogP contribution in [0.1, 0.15) is 24.6 Å². The molecule has 1 atom stereocenters. The first-order chi connectivity index (χ1) is 8.90. The summed E-state index contributed by atoms with van der Waals surface area (Å²) in [5, 5.41) is 19.7. The van der Waals surface area contributed by atoms with Crippen LogP contribution in [0.3, 0.4) is 0 Å². The number of carbonyl (C=O) groups is 3. The van der Waals surface area contributed by atoms with Gasteiger partial charge >= 0.3 is 41.5 Å². The zero-order valence-electron chi connectivity index (χ0n) is 12.0. The summed E-state index contributed by atoms with van der Waals surface area (Å²) in [4.78, 5) is 33.1. The molecule has 0 aromatic heterocycles. The molecule has 0 saturated carbocycles. The van der Waals surface area contributed by atoms with Crippen LogP contribution in [0.2, 0.25) is 0 Å².